The molecule has 1 aliphatic heterocycles. The number of sulfonamides is 1. The third-order valence-electron chi connectivity index (χ3n) is 5.61. The van der Waals surface area contributed by atoms with Gasteiger partial charge in [-0.1, -0.05) is 19.8 Å². The molecular weight excluding hydrogens is 394 g/mol. The van der Waals surface area contributed by atoms with Gasteiger partial charge in [-0.25, -0.2) is 8.42 Å². The first-order chi connectivity index (χ1) is 13.4. The van der Waals surface area contributed by atoms with Crippen molar-refractivity contribution in [2.45, 2.75) is 63.3 Å². The van der Waals surface area contributed by atoms with E-state index in [-0.39, 0.29) is 4.90 Å². The van der Waals surface area contributed by atoms with Crippen LogP contribution >= 0.6 is 12.2 Å². The van der Waals surface area contributed by atoms with Gasteiger partial charge in [-0.3, -0.25) is 0 Å². The van der Waals surface area contributed by atoms with Crippen molar-refractivity contribution in [2.24, 2.45) is 5.92 Å². The molecule has 1 aliphatic carbocycles. The molecular formula is C20H31N3O3S2. The molecule has 2 fully saturated rings. The Hall–Kier alpha value is -1.38. The minimum absolute atomic E-state index is 0.204. The first-order valence-corrected chi connectivity index (χ1v) is 12.1. The molecule has 8 heteroatoms. The molecule has 1 saturated carbocycles. The zero-order valence-electron chi connectivity index (χ0n) is 16.7. The Morgan fingerprint density at radius 2 is 1.93 bits per heavy atom. The number of nitrogens with one attached hydrogen (secondary N) is 2. The SMILES string of the molecule is CCOc1ccc(NC(=S)N[C@@H]2CCCC[C@@H]2C)cc1S(=O)(=O)N1CCCC1. The van der Waals surface area contributed by atoms with Crippen molar-refractivity contribution in [3.05, 3.63) is 18.2 Å². The monoisotopic (exact) mass is 425 g/mol. The third kappa shape index (κ3) is 4.96. The topological polar surface area (TPSA) is 70.7 Å². The highest BCUT2D eigenvalue weighted by molar-refractivity contribution is 7.89. The molecule has 2 N–H and O–H groups in total. The molecule has 2 atom stereocenters. The predicted octanol–water partition coefficient (Wildman–Crippen LogP) is 3.73. The molecule has 0 aromatic heterocycles. The van der Waals surface area contributed by atoms with Crippen LogP contribution in [0.1, 0.15) is 52.4 Å². The van der Waals surface area contributed by atoms with E-state index in [0.29, 0.717) is 48.2 Å². The molecule has 0 radical (unpaired) electrons. The number of rotatable bonds is 6. The van der Waals surface area contributed by atoms with Gasteiger partial charge in [0.25, 0.3) is 0 Å². The van der Waals surface area contributed by atoms with Crippen LogP contribution < -0.4 is 15.4 Å². The van der Waals surface area contributed by atoms with Crippen molar-refractivity contribution < 1.29 is 13.2 Å². The summed E-state index contributed by atoms with van der Waals surface area (Å²) in [7, 11) is -3.58. The molecule has 3 rings (SSSR count). The summed E-state index contributed by atoms with van der Waals surface area (Å²) in [5, 5.41) is 7.10. The maximum atomic E-state index is 13.1. The number of hydrogen-bond acceptors (Lipinski definition) is 4. The van der Waals surface area contributed by atoms with Gasteiger partial charge in [-0.05, 0) is 68.9 Å². The summed E-state index contributed by atoms with van der Waals surface area (Å²) in [5.74, 6) is 0.972. The lowest BCUT2D eigenvalue weighted by Crippen LogP contribution is -2.43. The van der Waals surface area contributed by atoms with Gasteiger partial charge < -0.3 is 15.4 Å². The summed E-state index contributed by atoms with van der Waals surface area (Å²) >= 11 is 5.48. The highest BCUT2D eigenvalue weighted by Crippen LogP contribution is 2.32. The second kappa shape index (κ2) is 9.41. The average molecular weight is 426 g/mol. The van der Waals surface area contributed by atoms with Crippen LogP contribution in [0.3, 0.4) is 0 Å². The van der Waals surface area contributed by atoms with Crippen molar-refractivity contribution in [3.8, 4) is 5.75 Å². The van der Waals surface area contributed by atoms with Gasteiger partial charge in [0, 0.05) is 24.8 Å². The Morgan fingerprint density at radius 1 is 1.21 bits per heavy atom. The number of ether oxygens (including phenoxy) is 1. The van der Waals surface area contributed by atoms with E-state index in [0.717, 1.165) is 19.3 Å². The third-order valence-corrected chi connectivity index (χ3v) is 7.75. The van der Waals surface area contributed by atoms with Crippen LogP contribution in [0.25, 0.3) is 0 Å². The number of anilines is 1. The quantitative estimate of drug-likeness (QED) is 0.677. The number of nitrogens with zero attached hydrogens (tertiary/aromatic N) is 1. The Morgan fingerprint density at radius 3 is 2.61 bits per heavy atom. The van der Waals surface area contributed by atoms with E-state index < -0.39 is 10.0 Å². The van der Waals surface area contributed by atoms with Crippen LogP contribution in [-0.4, -0.2) is 43.6 Å². The Labute approximate surface area is 174 Å². The fourth-order valence-corrected chi connectivity index (χ4v) is 5.94. The summed E-state index contributed by atoms with van der Waals surface area (Å²) in [6, 6.07) is 5.52. The Bertz CT molecular complexity index is 792. The molecule has 156 valence electrons. The molecule has 6 nitrogen and oxygen atoms in total. The van der Waals surface area contributed by atoms with E-state index in [9.17, 15) is 8.42 Å². The van der Waals surface area contributed by atoms with E-state index >= 15 is 0 Å². The normalized spacial score (nSPS) is 23.4. The predicted molar refractivity (Wildman–Crippen MR) is 116 cm³/mol. The van der Waals surface area contributed by atoms with Gasteiger partial charge in [0.2, 0.25) is 10.0 Å². The fraction of sp³-hybridized carbons (Fsp3) is 0.650. The molecule has 1 aromatic carbocycles. The summed E-state index contributed by atoms with van der Waals surface area (Å²) < 4.78 is 33.3. The molecule has 0 bridgehead atoms. The van der Waals surface area contributed by atoms with Gasteiger partial charge in [0.05, 0.1) is 6.61 Å². The van der Waals surface area contributed by atoms with Crippen LogP contribution in [0.2, 0.25) is 0 Å². The van der Waals surface area contributed by atoms with Crippen LogP contribution in [0.15, 0.2) is 23.1 Å². The van der Waals surface area contributed by atoms with Crippen LogP contribution in [0.4, 0.5) is 5.69 Å². The molecule has 1 saturated heterocycles. The minimum Gasteiger partial charge on any atom is -0.492 e. The summed E-state index contributed by atoms with van der Waals surface area (Å²) in [5.41, 5.74) is 0.655. The second-order valence-corrected chi connectivity index (χ2v) is 9.99. The molecule has 1 aromatic rings. The lowest BCUT2D eigenvalue weighted by Gasteiger charge is -2.30. The maximum Gasteiger partial charge on any atom is 0.246 e. The minimum atomic E-state index is -3.58. The van der Waals surface area contributed by atoms with E-state index in [1.807, 2.05) is 13.0 Å². The van der Waals surface area contributed by atoms with Crippen LogP contribution in [0, 0.1) is 5.92 Å². The molecule has 2 aliphatic rings. The van der Waals surface area contributed by atoms with Gasteiger partial charge in [-0.15, -0.1) is 0 Å². The first kappa shape index (κ1) is 21.3. The van der Waals surface area contributed by atoms with Crippen molar-refractivity contribution in [1.82, 2.24) is 9.62 Å². The lowest BCUT2D eigenvalue weighted by molar-refractivity contribution is 0.309. The molecule has 28 heavy (non-hydrogen) atoms. The first-order valence-electron chi connectivity index (χ1n) is 10.3. The zero-order valence-corrected chi connectivity index (χ0v) is 18.4. The Balaban J connectivity index is 1.77. The van der Waals surface area contributed by atoms with Gasteiger partial charge in [-0.2, -0.15) is 4.31 Å². The summed E-state index contributed by atoms with van der Waals surface area (Å²) in [4.78, 5) is 0.204. The number of benzene rings is 1. The van der Waals surface area contributed by atoms with E-state index in [4.69, 9.17) is 17.0 Å². The molecule has 0 amide bonds. The van der Waals surface area contributed by atoms with Crippen molar-refractivity contribution in [2.75, 3.05) is 25.0 Å². The van der Waals surface area contributed by atoms with Crippen molar-refractivity contribution >= 4 is 33.0 Å². The number of hydrogen-bond donors (Lipinski definition) is 2. The smallest absolute Gasteiger partial charge is 0.246 e. The fourth-order valence-electron chi connectivity index (χ4n) is 4.00. The number of thiocarbonyl (C=S) groups is 1. The van der Waals surface area contributed by atoms with E-state index in [1.54, 1.807) is 12.1 Å². The van der Waals surface area contributed by atoms with E-state index in [1.165, 1.54) is 23.6 Å². The molecule has 1 heterocycles. The van der Waals surface area contributed by atoms with Crippen LogP contribution in [-0.2, 0) is 10.0 Å². The van der Waals surface area contributed by atoms with Crippen molar-refractivity contribution in [1.29, 1.82) is 0 Å². The van der Waals surface area contributed by atoms with Crippen molar-refractivity contribution in [3.63, 3.8) is 0 Å². The zero-order chi connectivity index (χ0) is 20.1. The van der Waals surface area contributed by atoms with Gasteiger partial charge in [0.15, 0.2) is 5.11 Å². The van der Waals surface area contributed by atoms with E-state index in [2.05, 4.69) is 17.6 Å². The highest BCUT2D eigenvalue weighted by atomic mass is 32.2. The standard InChI is InChI=1S/C20H31N3O3S2/c1-3-26-18-11-10-16(14-19(18)28(24,25)23-12-6-7-13-23)21-20(27)22-17-9-5-4-8-15(17)2/h10-11,14-15,17H,3-9,12-13H2,1-2H3,(H2,21,22,27)/t15-,17+/m0/s1. The summed E-state index contributed by atoms with van der Waals surface area (Å²) in [6.07, 6.45) is 6.61. The second-order valence-electron chi connectivity index (χ2n) is 7.67. The lowest BCUT2D eigenvalue weighted by atomic mass is 9.86. The highest BCUT2D eigenvalue weighted by Gasteiger charge is 2.30. The maximum absolute atomic E-state index is 13.1. The summed E-state index contributed by atoms with van der Waals surface area (Å²) in [6.45, 7) is 5.63. The van der Waals surface area contributed by atoms with Gasteiger partial charge in [0.1, 0.15) is 10.6 Å². The largest absolute Gasteiger partial charge is 0.492 e. The van der Waals surface area contributed by atoms with Crippen LogP contribution in [0.5, 0.6) is 5.75 Å². The molecule has 0 spiro atoms. The van der Waals surface area contributed by atoms with Gasteiger partial charge >= 0.3 is 0 Å². The Kier molecular flexibility index (Phi) is 7.17. The average Bonchev–Trinajstić information content (AvgIpc) is 3.20. The molecule has 0 unspecified atom stereocenters.